The molecule has 15 heavy (non-hydrogen) atoms. The van der Waals surface area contributed by atoms with Gasteiger partial charge < -0.3 is 9.88 Å². The van der Waals surface area contributed by atoms with Crippen LogP contribution in [0.1, 0.15) is 17.3 Å². The second kappa shape index (κ2) is 4.42. The Hall–Kier alpha value is -2.09. The third kappa shape index (κ3) is 2.44. The number of nitrogens with one attached hydrogen (secondary N) is 1. The molecule has 1 rings (SSSR count). The fourth-order valence-corrected chi connectivity index (χ4v) is 1.04. The fourth-order valence-electron chi connectivity index (χ4n) is 1.04. The van der Waals surface area contributed by atoms with Gasteiger partial charge in [0.25, 0.3) is 5.91 Å². The maximum atomic E-state index is 11.7. The molecule has 1 amide bonds. The molecule has 0 saturated carbocycles. The minimum absolute atomic E-state index is 0.281. The number of aromatic nitrogens is 1. The molecule has 0 fully saturated rings. The van der Waals surface area contributed by atoms with Gasteiger partial charge in [0.05, 0.1) is 6.07 Å². The molecule has 0 aliphatic heterocycles. The van der Waals surface area contributed by atoms with E-state index < -0.39 is 6.04 Å². The number of rotatable bonds is 2. The standard InChI is InChI=1S/C10H11N3O2/c1-7(6-11)13(2)10(15)8-3-4-12-9(14)5-8/h3-5,7H,1-2H3,(H,12,14). The topological polar surface area (TPSA) is 77.0 Å². The van der Waals surface area contributed by atoms with Crippen molar-refractivity contribution in [3.63, 3.8) is 0 Å². The molecule has 0 radical (unpaired) electrons. The first kappa shape index (κ1) is 11.0. The van der Waals surface area contributed by atoms with Crippen LogP contribution in [0.5, 0.6) is 0 Å². The number of hydrogen-bond acceptors (Lipinski definition) is 3. The van der Waals surface area contributed by atoms with E-state index in [9.17, 15) is 9.59 Å². The number of amides is 1. The molecule has 0 bridgehead atoms. The van der Waals surface area contributed by atoms with Crippen LogP contribution in [-0.2, 0) is 0 Å². The maximum Gasteiger partial charge on any atom is 0.254 e. The first-order valence-electron chi connectivity index (χ1n) is 4.41. The highest BCUT2D eigenvalue weighted by molar-refractivity contribution is 5.94. The fraction of sp³-hybridized carbons (Fsp3) is 0.300. The second-order valence-corrected chi connectivity index (χ2v) is 3.16. The van der Waals surface area contributed by atoms with Gasteiger partial charge in [0.2, 0.25) is 5.56 Å². The summed E-state index contributed by atoms with van der Waals surface area (Å²) in [5.74, 6) is -0.338. The molecule has 5 nitrogen and oxygen atoms in total. The molecular formula is C10H11N3O2. The van der Waals surface area contributed by atoms with Crippen LogP contribution < -0.4 is 5.56 Å². The minimum Gasteiger partial charge on any atom is -0.329 e. The molecule has 1 atom stereocenters. The van der Waals surface area contributed by atoms with E-state index in [1.807, 2.05) is 6.07 Å². The van der Waals surface area contributed by atoms with Crippen molar-refractivity contribution < 1.29 is 4.79 Å². The summed E-state index contributed by atoms with van der Waals surface area (Å²) in [6.07, 6.45) is 1.40. The van der Waals surface area contributed by atoms with Crippen LogP contribution in [0.25, 0.3) is 0 Å². The first-order valence-corrected chi connectivity index (χ1v) is 4.41. The highest BCUT2D eigenvalue weighted by Crippen LogP contribution is 2.03. The number of hydrogen-bond donors (Lipinski definition) is 1. The summed E-state index contributed by atoms with van der Waals surface area (Å²) in [4.78, 5) is 26.4. The van der Waals surface area contributed by atoms with Crippen molar-refractivity contribution in [2.45, 2.75) is 13.0 Å². The van der Waals surface area contributed by atoms with Crippen LogP contribution in [-0.4, -0.2) is 28.9 Å². The molecular weight excluding hydrogens is 194 g/mol. The number of nitriles is 1. The number of H-pyrrole nitrogens is 1. The van der Waals surface area contributed by atoms with E-state index >= 15 is 0 Å². The normalized spacial score (nSPS) is 11.5. The monoisotopic (exact) mass is 205 g/mol. The van der Waals surface area contributed by atoms with Crippen LogP contribution >= 0.6 is 0 Å². The van der Waals surface area contributed by atoms with Gasteiger partial charge in [0.15, 0.2) is 0 Å². The smallest absolute Gasteiger partial charge is 0.254 e. The highest BCUT2D eigenvalue weighted by atomic mass is 16.2. The zero-order valence-corrected chi connectivity index (χ0v) is 8.52. The van der Waals surface area contributed by atoms with E-state index in [2.05, 4.69) is 4.98 Å². The third-order valence-corrected chi connectivity index (χ3v) is 2.11. The molecule has 0 saturated heterocycles. The predicted molar refractivity (Wildman–Crippen MR) is 54.2 cm³/mol. The highest BCUT2D eigenvalue weighted by Gasteiger charge is 2.16. The lowest BCUT2D eigenvalue weighted by molar-refractivity contribution is 0.0773. The van der Waals surface area contributed by atoms with E-state index in [4.69, 9.17) is 5.26 Å². The van der Waals surface area contributed by atoms with Crippen LogP contribution in [0.15, 0.2) is 23.1 Å². The average Bonchev–Trinajstić information content (AvgIpc) is 2.26. The predicted octanol–water partition coefficient (Wildman–Crippen LogP) is 0.359. The SMILES string of the molecule is CC(C#N)N(C)C(=O)c1cc[nH]c(=O)c1. The van der Waals surface area contributed by atoms with Crippen molar-refractivity contribution >= 4 is 5.91 Å². The van der Waals surface area contributed by atoms with Gasteiger partial charge in [-0.05, 0) is 13.0 Å². The van der Waals surface area contributed by atoms with Gasteiger partial charge in [0, 0.05) is 24.9 Å². The summed E-state index contributed by atoms with van der Waals surface area (Å²) in [5, 5.41) is 8.64. The first-order chi connectivity index (χ1) is 7.06. The molecule has 1 unspecified atom stereocenters. The van der Waals surface area contributed by atoms with Gasteiger partial charge in [-0.1, -0.05) is 0 Å². The summed E-state index contributed by atoms with van der Waals surface area (Å²) < 4.78 is 0. The van der Waals surface area contributed by atoms with Crippen LogP contribution in [0.3, 0.4) is 0 Å². The zero-order valence-electron chi connectivity index (χ0n) is 8.52. The largest absolute Gasteiger partial charge is 0.329 e. The van der Waals surface area contributed by atoms with E-state index in [-0.39, 0.29) is 17.0 Å². The summed E-state index contributed by atoms with van der Waals surface area (Å²) in [7, 11) is 1.53. The lowest BCUT2D eigenvalue weighted by Gasteiger charge is -2.18. The van der Waals surface area contributed by atoms with Crippen LogP contribution in [0.4, 0.5) is 0 Å². The van der Waals surface area contributed by atoms with Gasteiger partial charge in [-0.25, -0.2) is 0 Å². The zero-order chi connectivity index (χ0) is 11.4. The molecule has 1 aromatic rings. The molecule has 0 spiro atoms. The number of nitrogens with zero attached hydrogens (tertiary/aromatic N) is 2. The molecule has 5 heteroatoms. The molecule has 1 N–H and O–H groups in total. The van der Waals surface area contributed by atoms with Crippen LogP contribution in [0.2, 0.25) is 0 Å². The van der Waals surface area contributed by atoms with Crippen molar-refractivity contribution in [3.8, 4) is 6.07 Å². The Morgan fingerprint density at radius 2 is 2.33 bits per heavy atom. The van der Waals surface area contributed by atoms with Crippen molar-refractivity contribution in [1.82, 2.24) is 9.88 Å². The van der Waals surface area contributed by atoms with Crippen molar-refractivity contribution in [3.05, 3.63) is 34.2 Å². The number of carbonyl (C=O) groups excluding carboxylic acids is 1. The van der Waals surface area contributed by atoms with Gasteiger partial charge in [-0.2, -0.15) is 5.26 Å². The van der Waals surface area contributed by atoms with E-state index in [1.54, 1.807) is 6.92 Å². The van der Waals surface area contributed by atoms with E-state index in [0.717, 1.165) is 0 Å². The Morgan fingerprint density at radius 3 is 2.87 bits per heavy atom. The number of pyridine rings is 1. The van der Waals surface area contributed by atoms with Gasteiger partial charge >= 0.3 is 0 Å². The summed E-state index contributed by atoms with van der Waals surface area (Å²) in [6.45, 7) is 1.62. The lowest BCUT2D eigenvalue weighted by Crippen LogP contribution is -2.34. The van der Waals surface area contributed by atoms with Gasteiger partial charge in [0.1, 0.15) is 6.04 Å². The Kier molecular flexibility index (Phi) is 3.24. The molecule has 1 heterocycles. The molecule has 0 aliphatic rings. The third-order valence-electron chi connectivity index (χ3n) is 2.11. The minimum atomic E-state index is -0.517. The average molecular weight is 205 g/mol. The molecule has 0 aliphatic carbocycles. The maximum absolute atomic E-state index is 11.7. The lowest BCUT2D eigenvalue weighted by atomic mass is 10.2. The van der Waals surface area contributed by atoms with Crippen molar-refractivity contribution in [1.29, 1.82) is 5.26 Å². The Bertz CT molecular complexity index is 458. The summed E-state index contributed by atoms with van der Waals surface area (Å²) in [5.41, 5.74) is -0.0535. The van der Waals surface area contributed by atoms with E-state index in [1.165, 1.54) is 30.3 Å². The van der Waals surface area contributed by atoms with Gasteiger partial charge in [-0.3, -0.25) is 9.59 Å². The Balaban J connectivity index is 2.96. The van der Waals surface area contributed by atoms with Crippen LogP contribution in [0, 0.1) is 11.3 Å². The Labute approximate surface area is 87.0 Å². The quantitative estimate of drug-likeness (QED) is 0.757. The molecule has 0 aromatic carbocycles. The van der Waals surface area contributed by atoms with E-state index in [0.29, 0.717) is 0 Å². The number of aromatic amines is 1. The Morgan fingerprint density at radius 1 is 1.67 bits per heavy atom. The summed E-state index contributed by atoms with van der Waals surface area (Å²) in [6, 6.07) is 4.15. The van der Waals surface area contributed by atoms with Crippen molar-refractivity contribution in [2.24, 2.45) is 0 Å². The number of carbonyl (C=O) groups is 1. The second-order valence-electron chi connectivity index (χ2n) is 3.16. The van der Waals surface area contributed by atoms with Gasteiger partial charge in [-0.15, -0.1) is 0 Å². The molecule has 78 valence electrons. The molecule has 1 aromatic heterocycles. The van der Waals surface area contributed by atoms with Crippen molar-refractivity contribution in [2.75, 3.05) is 7.05 Å². The summed E-state index contributed by atoms with van der Waals surface area (Å²) >= 11 is 0.